The molecule has 228 valence electrons. The first kappa shape index (κ1) is 28.2. The molecule has 2 saturated carbocycles. The van der Waals surface area contributed by atoms with Gasteiger partial charge >= 0.3 is 12.3 Å². The van der Waals surface area contributed by atoms with Gasteiger partial charge in [-0.25, -0.2) is 9.18 Å². The maximum atomic E-state index is 14.3. The molecule has 1 aromatic heterocycles. The Morgan fingerprint density at radius 2 is 1.79 bits per heavy atom. The molecule has 2 atom stereocenters. The van der Waals surface area contributed by atoms with Gasteiger partial charge in [-0.3, -0.25) is 4.90 Å². The monoisotopic (exact) mass is 599 g/mol. The zero-order valence-corrected chi connectivity index (χ0v) is 23.7. The Morgan fingerprint density at radius 1 is 1.09 bits per heavy atom. The summed E-state index contributed by atoms with van der Waals surface area (Å²) >= 11 is 0. The summed E-state index contributed by atoms with van der Waals surface area (Å²) in [6.45, 7) is 0.506. The average Bonchev–Trinajstić information content (AvgIpc) is 3.63. The van der Waals surface area contributed by atoms with Crippen LogP contribution in [0.2, 0.25) is 0 Å². The van der Waals surface area contributed by atoms with Gasteiger partial charge in [-0.05, 0) is 94.2 Å². The maximum Gasteiger partial charge on any atom is 0.573 e. The Kier molecular flexibility index (Phi) is 6.72. The minimum Gasteiger partial charge on any atom is -0.478 e. The van der Waals surface area contributed by atoms with E-state index in [0.717, 1.165) is 68.8 Å². The first-order valence-corrected chi connectivity index (χ1v) is 14.8. The van der Waals surface area contributed by atoms with Crippen LogP contribution in [0.15, 0.2) is 47.0 Å². The van der Waals surface area contributed by atoms with Crippen LogP contribution in [0.3, 0.4) is 0 Å². The molecular formula is C32H33F4N3O4. The molecule has 3 aromatic rings. The van der Waals surface area contributed by atoms with Crippen molar-refractivity contribution in [3.05, 3.63) is 65.2 Å². The van der Waals surface area contributed by atoms with Gasteiger partial charge in [0.25, 0.3) is 0 Å². The third kappa shape index (κ3) is 5.36. The lowest BCUT2D eigenvalue weighted by Gasteiger charge is -2.57. The number of rotatable bonds is 8. The van der Waals surface area contributed by atoms with E-state index in [0.29, 0.717) is 24.0 Å². The van der Waals surface area contributed by atoms with Crippen LogP contribution in [-0.2, 0) is 6.54 Å². The SMILES string of the molecule is CN(Cc1c(-c2ccccc2OC(F)(F)F)noc1C1CC1)C1CC2(C1)CC1CCC(C2)N1c1cc(F)cc(C(=O)O)c1. The van der Waals surface area contributed by atoms with Gasteiger partial charge in [-0.15, -0.1) is 13.2 Å². The number of benzene rings is 2. The molecule has 11 heteroatoms. The molecule has 2 aromatic carbocycles. The third-order valence-electron chi connectivity index (χ3n) is 9.89. The summed E-state index contributed by atoms with van der Waals surface area (Å²) in [6, 6.07) is 10.9. The van der Waals surface area contributed by atoms with Crippen molar-refractivity contribution in [3.8, 4) is 17.0 Å². The molecule has 0 radical (unpaired) electrons. The Bertz CT molecular complexity index is 1530. The number of alkyl halides is 3. The van der Waals surface area contributed by atoms with Gasteiger partial charge in [0, 0.05) is 47.4 Å². The molecule has 2 aliphatic heterocycles. The number of hydrogen-bond acceptors (Lipinski definition) is 6. The summed E-state index contributed by atoms with van der Waals surface area (Å²) in [5, 5.41) is 13.7. The highest BCUT2D eigenvalue weighted by Gasteiger charge is 2.55. The quantitative estimate of drug-likeness (QED) is 0.271. The second-order valence-corrected chi connectivity index (χ2v) is 12.9. The minimum atomic E-state index is -4.82. The smallest absolute Gasteiger partial charge is 0.478 e. The highest BCUT2D eigenvalue weighted by molar-refractivity contribution is 5.89. The van der Waals surface area contributed by atoms with Gasteiger partial charge in [0.15, 0.2) is 0 Å². The summed E-state index contributed by atoms with van der Waals surface area (Å²) in [6.07, 6.45) is 3.07. The first-order chi connectivity index (χ1) is 20.5. The summed E-state index contributed by atoms with van der Waals surface area (Å²) in [7, 11) is 2.05. The zero-order valence-electron chi connectivity index (χ0n) is 23.7. The van der Waals surface area contributed by atoms with Crippen LogP contribution < -0.4 is 9.64 Å². The molecule has 4 aliphatic rings. The molecular weight excluding hydrogens is 566 g/mol. The van der Waals surface area contributed by atoms with E-state index in [-0.39, 0.29) is 40.3 Å². The minimum absolute atomic E-state index is 0.0358. The molecule has 7 nitrogen and oxygen atoms in total. The Balaban J connectivity index is 1.07. The van der Waals surface area contributed by atoms with Crippen molar-refractivity contribution >= 4 is 11.7 Å². The van der Waals surface area contributed by atoms with Crippen molar-refractivity contribution in [1.82, 2.24) is 10.1 Å². The second kappa shape index (κ2) is 10.2. The number of carboxylic acids is 1. The topological polar surface area (TPSA) is 79.0 Å². The molecule has 2 aliphatic carbocycles. The van der Waals surface area contributed by atoms with Crippen molar-refractivity contribution in [2.24, 2.45) is 5.41 Å². The van der Waals surface area contributed by atoms with E-state index in [2.05, 4.69) is 19.7 Å². The van der Waals surface area contributed by atoms with E-state index in [9.17, 15) is 27.5 Å². The molecule has 2 saturated heterocycles. The number of nitrogens with zero attached hydrogens (tertiary/aromatic N) is 3. The molecule has 2 unspecified atom stereocenters. The standard InChI is InChI=1S/C32H33F4N3O4/c1-38(17-26-28(37-43-29(26)18-6-7-18)25-4-2-3-5-27(25)42-32(34,35)36)24-15-31(16-24)13-21-8-9-22(14-31)39(21)23-11-19(30(40)41)10-20(33)12-23/h2-5,10-12,18,21-22,24H,6-9,13-17H2,1H3,(H,40,41). The summed E-state index contributed by atoms with van der Waals surface area (Å²) in [5.41, 5.74) is 2.26. The van der Waals surface area contributed by atoms with Gasteiger partial charge in [-0.1, -0.05) is 17.3 Å². The number of anilines is 1. The van der Waals surface area contributed by atoms with E-state index < -0.39 is 18.1 Å². The molecule has 0 amide bonds. The fraction of sp³-hybridized carbons (Fsp3) is 0.500. The number of aromatic carboxylic acids is 1. The third-order valence-corrected chi connectivity index (χ3v) is 9.89. The molecule has 7 rings (SSSR count). The van der Waals surface area contributed by atoms with Crippen LogP contribution in [0.1, 0.15) is 79.0 Å². The Labute approximate surface area is 246 Å². The van der Waals surface area contributed by atoms with Crippen LogP contribution in [0.5, 0.6) is 5.75 Å². The zero-order chi connectivity index (χ0) is 30.1. The molecule has 3 heterocycles. The number of hydrogen-bond donors (Lipinski definition) is 1. The number of carboxylic acid groups (broad SMARTS) is 1. The lowest BCUT2D eigenvalue weighted by molar-refractivity contribution is -0.274. The largest absolute Gasteiger partial charge is 0.573 e. The van der Waals surface area contributed by atoms with Crippen LogP contribution in [0.4, 0.5) is 23.2 Å². The molecule has 1 N–H and O–H groups in total. The summed E-state index contributed by atoms with van der Waals surface area (Å²) in [5.74, 6) is -0.986. The Morgan fingerprint density at radius 3 is 2.44 bits per heavy atom. The van der Waals surface area contributed by atoms with Crippen LogP contribution >= 0.6 is 0 Å². The average molecular weight is 600 g/mol. The van der Waals surface area contributed by atoms with E-state index in [4.69, 9.17) is 4.52 Å². The number of para-hydroxylation sites is 1. The van der Waals surface area contributed by atoms with Crippen molar-refractivity contribution in [2.75, 3.05) is 11.9 Å². The van der Waals surface area contributed by atoms with Gasteiger partial charge < -0.3 is 19.3 Å². The fourth-order valence-electron chi connectivity index (χ4n) is 7.91. The predicted octanol–water partition coefficient (Wildman–Crippen LogP) is 7.37. The van der Waals surface area contributed by atoms with Gasteiger partial charge in [-0.2, -0.15) is 0 Å². The van der Waals surface area contributed by atoms with Crippen molar-refractivity contribution in [2.45, 2.75) is 88.3 Å². The maximum absolute atomic E-state index is 14.3. The summed E-state index contributed by atoms with van der Waals surface area (Å²) in [4.78, 5) is 16.0. The van der Waals surface area contributed by atoms with Crippen molar-refractivity contribution in [3.63, 3.8) is 0 Å². The first-order valence-electron chi connectivity index (χ1n) is 14.8. The van der Waals surface area contributed by atoms with Crippen molar-refractivity contribution < 1.29 is 36.7 Å². The molecule has 4 fully saturated rings. The normalized spacial score (nSPS) is 26.7. The lowest BCUT2D eigenvalue weighted by Crippen LogP contribution is -2.57. The van der Waals surface area contributed by atoms with Crippen LogP contribution in [0, 0.1) is 11.2 Å². The van der Waals surface area contributed by atoms with Crippen LogP contribution in [0.25, 0.3) is 11.3 Å². The highest BCUT2D eigenvalue weighted by atomic mass is 19.4. The number of piperidine rings is 1. The number of aromatic nitrogens is 1. The number of halogens is 4. The predicted molar refractivity (Wildman–Crippen MR) is 149 cm³/mol. The second-order valence-electron chi connectivity index (χ2n) is 12.9. The lowest BCUT2D eigenvalue weighted by atomic mass is 9.58. The van der Waals surface area contributed by atoms with Gasteiger partial charge in [0.1, 0.15) is 23.0 Å². The fourth-order valence-corrected chi connectivity index (χ4v) is 7.91. The van der Waals surface area contributed by atoms with Crippen LogP contribution in [-0.4, -0.2) is 52.7 Å². The number of fused-ring (bicyclic) bond motifs is 2. The van der Waals surface area contributed by atoms with Gasteiger partial charge in [0.05, 0.1) is 5.56 Å². The van der Waals surface area contributed by atoms with E-state index in [1.54, 1.807) is 18.2 Å². The number of carbonyl (C=O) groups is 1. The van der Waals surface area contributed by atoms with Crippen molar-refractivity contribution in [1.29, 1.82) is 0 Å². The Hall–Kier alpha value is -3.60. The van der Waals surface area contributed by atoms with E-state index in [1.807, 2.05) is 7.05 Å². The molecule has 43 heavy (non-hydrogen) atoms. The van der Waals surface area contributed by atoms with Gasteiger partial charge in [0.2, 0.25) is 0 Å². The van der Waals surface area contributed by atoms with E-state index in [1.165, 1.54) is 18.2 Å². The van der Waals surface area contributed by atoms with E-state index >= 15 is 0 Å². The number of ether oxygens (including phenoxy) is 1. The highest BCUT2D eigenvalue weighted by Crippen LogP contribution is 2.58. The molecule has 2 bridgehead atoms. The summed E-state index contributed by atoms with van der Waals surface area (Å²) < 4.78 is 63.8. The molecule has 1 spiro atoms.